The van der Waals surface area contributed by atoms with Crippen molar-refractivity contribution < 1.29 is 18.8 Å². The first-order valence-corrected chi connectivity index (χ1v) is 9.56. The number of halogens is 1. The van der Waals surface area contributed by atoms with E-state index in [-0.39, 0.29) is 30.6 Å². The van der Waals surface area contributed by atoms with Crippen LogP contribution in [0.25, 0.3) is 0 Å². The number of aliphatic imine (C=N–C) groups is 1. The minimum absolute atomic E-state index is 0.0642. The molecule has 0 fully saturated rings. The van der Waals surface area contributed by atoms with Gasteiger partial charge in [-0.3, -0.25) is 24.4 Å². The minimum Gasteiger partial charge on any atom is -0.357 e. The third-order valence-electron chi connectivity index (χ3n) is 4.44. The van der Waals surface area contributed by atoms with Gasteiger partial charge in [0.05, 0.1) is 25.0 Å². The molecule has 0 spiro atoms. The number of carbonyl (C=O) groups excluding carboxylic acids is 3. The Balaban J connectivity index is 2.02. The number of nitrogens with one attached hydrogen (secondary N) is 1. The molecule has 0 saturated heterocycles. The number of aromatic nitrogens is 1. The van der Waals surface area contributed by atoms with Gasteiger partial charge in [-0.05, 0) is 31.4 Å². The van der Waals surface area contributed by atoms with Crippen LogP contribution in [0.2, 0.25) is 0 Å². The molecular weight excluding hydrogens is 389 g/mol. The summed E-state index contributed by atoms with van der Waals surface area (Å²) in [4.78, 5) is 47.4. The Kier molecular flexibility index (Phi) is 8.40. The fourth-order valence-electron chi connectivity index (χ4n) is 3.00. The van der Waals surface area contributed by atoms with E-state index in [0.29, 0.717) is 42.5 Å². The number of nitrogens with zero attached hydrogens (tertiary/aromatic N) is 4. The number of carbonyl (C=O) groups is 3. The van der Waals surface area contributed by atoms with Crippen molar-refractivity contribution >= 4 is 24.3 Å². The molecule has 0 atom stereocenters. The van der Waals surface area contributed by atoms with Crippen LogP contribution in [0.1, 0.15) is 25.3 Å². The molecule has 1 N–H and O–H groups in total. The van der Waals surface area contributed by atoms with E-state index in [0.717, 1.165) is 6.20 Å². The highest BCUT2D eigenvalue weighted by atomic mass is 19.1. The van der Waals surface area contributed by atoms with Gasteiger partial charge in [0.25, 0.3) is 5.91 Å². The molecule has 1 aliphatic rings. The van der Waals surface area contributed by atoms with Crippen LogP contribution in [0.15, 0.2) is 46.5 Å². The second-order valence-electron chi connectivity index (χ2n) is 6.99. The summed E-state index contributed by atoms with van der Waals surface area (Å²) in [6.45, 7) is 2.41. The van der Waals surface area contributed by atoms with Crippen molar-refractivity contribution in [1.82, 2.24) is 20.1 Å². The molecule has 0 saturated carbocycles. The summed E-state index contributed by atoms with van der Waals surface area (Å²) in [5, 5.41) is 2.74. The van der Waals surface area contributed by atoms with Crippen LogP contribution in [-0.2, 0) is 20.9 Å². The van der Waals surface area contributed by atoms with Crippen molar-refractivity contribution in [1.29, 1.82) is 0 Å². The minimum atomic E-state index is -0.436. The second-order valence-corrected chi connectivity index (χ2v) is 6.99. The Morgan fingerprint density at radius 2 is 2.13 bits per heavy atom. The fraction of sp³-hybridized carbons (Fsp3) is 0.381. The third kappa shape index (κ3) is 6.33. The van der Waals surface area contributed by atoms with E-state index >= 15 is 0 Å². The highest BCUT2D eigenvalue weighted by Gasteiger charge is 2.28. The van der Waals surface area contributed by atoms with E-state index in [9.17, 15) is 18.8 Å². The maximum absolute atomic E-state index is 13.2. The van der Waals surface area contributed by atoms with Gasteiger partial charge in [-0.2, -0.15) is 0 Å². The molecule has 30 heavy (non-hydrogen) atoms. The predicted molar refractivity (Wildman–Crippen MR) is 111 cm³/mol. The van der Waals surface area contributed by atoms with E-state index in [1.54, 1.807) is 32.0 Å². The Bertz CT molecular complexity index is 892. The molecule has 0 aliphatic carbocycles. The van der Waals surface area contributed by atoms with E-state index in [2.05, 4.69) is 15.3 Å². The molecule has 0 bridgehead atoms. The molecule has 160 valence electrons. The Hall–Kier alpha value is -3.36. The molecule has 9 heteroatoms. The SMILES string of the molecule is C/C=C(\C=NCc1cncc(F)c1)NC(=O)CN1CCCC(C=O)=C1C(=O)N(C)C. The van der Waals surface area contributed by atoms with Crippen LogP contribution in [0.4, 0.5) is 4.39 Å². The van der Waals surface area contributed by atoms with Crippen molar-refractivity contribution in [2.45, 2.75) is 26.3 Å². The number of hydrogen-bond acceptors (Lipinski definition) is 6. The molecule has 2 rings (SSSR count). The second kappa shape index (κ2) is 11.0. The first kappa shape index (κ1) is 22.9. The molecule has 0 aromatic carbocycles. The lowest BCUT2D eigenvalue weighted by atomic mass is 10.0. The summed E-state index contributed by atoms with van der Waals surface area (Å²) in [7, 11) is 3.21. The van der Waals surface area contributed by atoms with Crippen LogP contribution < -0.4 is 5.32 Å². The number of rotatable bonds is 8. The van der Waals surface area contributed by atoms with E-state index in [4.69, 9.17) is 0 Å². The van der Waals surface area contributed by atoms with Gasteiger partial charge in [0.1, 0.15) is 17.8 Å². The Morgan fingerprint density at radius 3 is 2.77 bits per heavy atom. The van der Waals surface area contributed by atoms with Crippen LogP contribution in [-0.4, -0.2) is 66.3 Å². The smallest absolute Gasteiger partial charge is 0.270 e. The lowest BCUT2D eigenvalue weighted by molar-refractivity contribution is -0.127. The molecule has 1 aliphatic heterocycles. The van der Waals surface area contributed by atoms with Gasteiger partial charge in [0, 0.05) is 38.6 Å². The molecular formula is C21H26FN5O3. The molecule has 1 aromatic rings. The van der Waals surface area contributed by atoms with Crippen molar-refractivity contribution in [3.05, 3.63) is 52.9 Å². The van der Waals surface area contributed by atoms with Crippen LogP contribution >= 0.6 is 0 Å². The highest BCUT2D eigenvalue weighted by Crippen LogP contribution is 2.22. The highest BCUT2D eigenvalue weighted by molar-refractivity contribution is 5.99. The van der Waals surface area contributed by atoms with Gasteiger partial charge in [0.2, 0.25) is 5.91 Å². The quantitative estimate of drug-likeness (QED) is 0.512. The topological polar surface area (TPSA) is 95.0 Å². The number of allylic oxidation sites excluding steroid dienone is 3. The van der Waals surface area contributed by atoms with E-state index < -0.39 is 5.82 Å². The summed E-state index contributed by atoms with van der Waals surface area (Å²) < 4.78 is 13.2. The normalized spacial score (nSPS) is 14.8. The zero-order valence-corrected chi connectivity index (χ0v) is 17.4. The first-order valence-electron chi connectivity index (χ1n) is 9.56. The molecule has 2 amide bonds. The van der Waals surface area contributed by atoms with Gasteiger partial charge >= 0.3 is 0 Å². The zero-order valence-electron chi connectivity index (χ0n) is 17.4. The van der Waals surface area contributed by atoms with Gasteiger partial charge in [-0.15, -0.1) is 0 Å². The van der Waals surface area contributed by atoms with Crippen molar-refractivity contribution in [3.63, 3.8) is 0 Å². The van der Waals surface area contributed by atoms with E-state index in [1.165, 1.54) is 23.4 Å². The number of aldehydes is 1. The molecule has 1 aromatic heterocycles. The molecule has 8 nitrogen and oxygen atoms in total. The lowest BCUT2D eigenvalue weighted by Gasteiger charge is -2.32. The van der Waals surface area contributed by atoms with Crippen molar-refractivity contribution in [2.24, 2.45) is 4.99 Å². The summed E-state index contributed by atoms with van der Waals surface area (Å²) in [6, 6.07) is 1.34. The average Bonchev–Trinajstić information content (AvgIpc) is 2.72. The van der Waals surface area contributed by atoms with E-state index in [1.807, 2.05) is 0 Å². The zero-order chi connectivity index (χ0) is 22.1. The Labute approximate surface area is 175 Å². The predicted octanol–water partition coefficient (Wildman–Crippen LogP) is 1.45. The largest absolute Gasteiger partial charge is 0.357 e. The maximum Gasteiger partial charge on any atom is 0.270 e. The number of pyridine rings is 1. The summed E-state index contributed by atoms with van der Waals surface area (Å²) in [5.74, 6) is -1.08. The third-order valence-corrected chi connectivity index (χ3v) is 4.44. The summed E-state index contributed by atoms with van der Waals surface area (Å²) in [5.41, 5.74) is 1.76. The molecule has 0 unspecified atom stereocenters. The van der Waals surface area contributed by atoms with Crippen molar-refractivity contribution in [3.8, 4) is 0 Å². The fourth-order valence-corrected chi connectivity index (χ4v) is 3.00. The van der Waals surface area contributed by atoms with Gasteiger partial charge in [-0.25, -0.2) is 4.39 Å². The first-order chi connectivity index (χ1) is 14.3. The van der Waals surface area contributed by atoms with Crippen molar-refractivity contribution in [2.75, 3.05) is 27.2 Å². The molecule has 2 heterocycles. The van der Waals surface area contributed by atoms with Crippen LogP contribution in [0.3, 0.4) is 0 Å². The van der Waals surface area contributed by atoms with Gasteiger partial charge < -0.3 is 15.1 Å². The van der Waals surface area contributed by atoms with Gasteiger partial charge in [-0.1, -0.05) is 6.08 Å². The van der Waals surface area contributed by atoms with Gasteiger partial charge in [0.15, 0.2) is 0 Å². The lowest BCUT2D eigenvalue weighted by Crippen LogP contribution is -2.43. The Morgan fingerprint density at radius 1 is 1.37 bits per heavy atom. The standard InChI is InChI=1S/C21H26FN5O3/c1-4-18(12-24-10-15-8-17(22)11-23-9-15)25-19(29)13-27-7-5-6-16(14-28)20(27)21(30)26(2)3/h4,8-9,11-12,14H,5-7,10,13H2,1-3H3,(H,25,29)/b18-4+,24-12?. The van der Waals surface area contributed by atoms with Crippen LogP contribution in [0, 0.1) is 5.82 Å². The summed E-state index contributed by atoms with van der Waals surface area (Å²) in [6.07, 6.45) is 7.68. The number of hydrogen-bond donors (Lipinski definition) is 1. The van der Waals surface area contributed by atoms with Crippen LogP contribution in [0.5, 0.6) is 0 Å². The molecule has 0 radical (unpaired) electrons. The summed E-state index contributed by atoms with van der Waals surface area (Å²) >= 11 is 0. The number of amides is 2. The average molecular weight is 415 g/mol. The maximum atomic E-state index is 13.2. The number of likely N-dealkylation sites (N-methyl/N-ethyl adjacent to an activating group) is 1. The monoisotopic (exact) mass is 415 g/mol.